The maximum absolute atomic E-state index is 10.1. The number of hydrogen-bond donors (Lipinski definition) is 1. The molecule has 2 aliphatic heterocycles. The molecule has 0 aromatic carbocycles. The normalized spacial score (nSPS) is 29.3. The number of aliphatic hydroxyl groups is 1. The second kappa shape index (κ2) is 7.46. The molecule has 1 N–H and O–H groups in total. The second-order valence-corrected chi connectivity index (χ2v) is 5.98. The molecule has 2 unspecified atom stereocenters. The summed E-state index contributed by atoms with van der Waals surface area (Å²) in [5, 5.41) is 10.1. The van der Waals surface area contributed by atoms with Crippen LogP contribution >= 0.6 is 0 Å². The summed E-state index contributed by atoms with van der Waals surface area (Å²) < 4.78 is 0. The zero-order valence-electron chi connectivity index (χ0n) is 12.0. The van der Waals surface area contributed by atoms with Crippen LogP contribution < -0.4 is 0 Å². The molecule has 2 atom stereocenters. The first-order chi connectivity index (χ1) is 8.81. The third-order valence-corrected chi connectivity index (χ3v) is 4.68. The summed E-state index contributed by atoms with van der Waals surface area (Å²) >= 11 is 0. The molecule has 0 amide bonds. The van der Waals surface area contributed by atoms with Crippen LogP contribution in [0.4, 0.5) is 0 Å². The summed E-state index contributed by atoms with van der Waals surface area (Å²) in [5.41, 5.74) is 0. The highest BCUT2D eigenvalue weighted by molar-refractivity contribution is 4.83. The van der Waals surface area contributed by atoms with E-state index in [4.69, 9.17) is 0 Å². The molecule has 0 bridgehead atoms. The number of nitrogens with zero attached hydrogens (tertiary/aromatic N) is 2. The fourth-order valence-corrected chi connectivity index (χ4v) is 3.46. The molecule has 0 aliphatic carbocycles. The Hall–Kier alpha value is -0.120. The van der Waals surface area contributed by atoms with E-state index in [1.165, 1.54) is 64.7 Å². The van der Waals surface area contributed by atoms with Crippen molar-refractivity contribution >= 4 is 0 Å². The number of rotatable bonds is 5. The monoisotopic (exact) mass is 254 g/mol. The minimum Gasteiger partial charge on any atom is -0.392 e. The molecule has 2 aliphatic rings. The first-order valence-corrected chi connectivity index (χ1v) is 7.95. The summed E-state index contributed by atoms with van der Waals surface area (Å²) in [6.07, 6.45) is 8.74. The van der Waals surface area contributed by atoms with Crippen LogP contribution in [0.25, 0.3) is 0 Å². The lowest BCUT2D eigenvalue weighted by atomic mass is 9.96. The average Bonchev–Trinajstić information content (AvgIpc) is 2.45. The Morgan fingerprint density at radius 2 is 1.72 bits per heavy atom. The molecular weight excluding hydrogens is 224 g/mol. The van der Waals surface area contributed by atoms with Gasteiger partial charge in [0, 0.05) is 19.1 Å². The van der Waals surface area contributed by atoms with E-state index in [1.807, 2.05) is 0 Å². The fraction of sp³-hybridized carbons (Fsp3) is 1.00. The highest BCUT2D eigenvalue weighted by Crippen LogP contribution is 2.21. The zero-order valence-corrected chi connectivity index (χ0v) is 12.0. The van der Waals surface area contributed by atoms with Gasteiger partial charge in [0.15, 0.2) is 0 Å². The van der Waals surface area contributed by atoms with Crippen molar-refractivity contribution in [2.45, 2.75) is 64.0 Å². The molecule has 2 saturated heterocycles. The molecule has 2 heterocycles. The lowest BCUT2D eigenvalue weighted by Gasteiger charge is -2.39. The van der Waals surface area contributed by atoms with Gasteiger partial charge in [0.25, 0.3) is 0 Å². The van der Waals surface area contributed by atoms with Crippen molar-refractivity contribution in [3.63, 3.8) is 0 Å². The van der Waals surface area contributed by atoms with E-state index < -0.39 is 0 Å². The summed E-state index contributed by atoms with van der Waals surface area (Å²) in [4.78, 5) is 5.15. The Bertz CT molecular complexity index is 229. The van der Waals surface area contributed by atoms with Crippen LogP contribution in [-0.2, 0) is 0 Å². The molecular formula is C15H30N2O. The van der Waals surface area contributed by atoms with E-state index in [-0.39, 0.29) is 6.10 Å². The van der Waals surface area contributed by atoms with Crippen molar-refractivity contribution in [3.05, 3.63) is 0 Å². The molecule has 0 spiro atoms. The zero-order chi connectivity index (χ0) is 12.8. The van der Waals surface area contributed by atoms with E-state index in [1.54, 1.807) is 0 Å². The Labute approximate surface area is 112 Å². The summed E-state index contributed by atoms with van der Waals surface area (Å²) in [6.45, 7) is 8.22. The minimum atomic E-state index is -0.119. The van der Waals surface area contributed by atoms with Crippen molar-refractivity contribution in [2.24, 2.45) is 0 Å². The smallest absolute Gasteiger partial charge is 0.0692 e. The highest BCUT2D eigenvalue weighted by atomic mass is 16.3. The van der Waals surface area contributed by atoms with Gasteiger partial charge in [0.05, 0.1) is 6.10 Å². The molecule has 3 nitrogen and oxygen atoms in total. The van der Waals surface area contributed by atoms with Gasteiger partial charge in [-0.1, -0.05) is 19.8 Å². The van der Waals surface area contributed by atoms with Crippen molar-refractivity contribution in [1.82, 2.24) is 9.80 Å². The van der Waals surface area contributed by atoms with Gasteiger partial charge in [-0.15, -0.1) is 0 Å². The lowest BCUT2D eigenvalue weighted by Crippen LogP contribution is -2.49. The molecule has 0 aromatic heterocycles. The molecule has 2 rings (SSSR count). The van der Waals surface area contributed by atoms with Crippen molar-refractivity contribution in [2.75, 3.05) is 32.7 Å². The maximum atomic E-state index is 10.1. The van der Waals surface area contributed by atoms with Gasteiger partial charge in [0.1, 0.15) is 0 Å². The van der Waals surface area contributed by atoms with Gasteiger partial charge in [0.2, 0.25) is 0 Å². The Balaban J connectivity index is 1.77. The van der Waals surface area contributed by atoms with E-state index >= 15 is 0 Å². The second-order valence-electron chi connectivity index (χ2n) is 5.98. The quantitative estimate of drug-likeness (QED) is 0.814. The number of piperidine rings is 2. The van der Waals surface area contributed by atoms with Crippen LogP contribution in [0.15, 0.2) is 0 Å². The minimum absolute atomic E-state index is 0.119. The number of hydrogen-bond acceptors (Lipinski definition) is 3. The number of aliphatic hydroxyl groups excluding tert-OH is 1. The standard InChI is InChI=1S/C15H30N2O/c1-2-15(18)14-8-4-7-11-17(14)13-12-16-9-5-3-6-10-16/h14-15,18H,2-13H2,1H3. The van der Waals surface area contributed by atoms with E-state index in [0.717, 1.165) is 13.0 Å². The first kappa shape index (κ1) is 14.3. The summed E-state index contributed by atoms with van der Waals surface area (Å²) in [5.74, 6) is 0. The predicted octanol–water partition coefficient (Wildman–Crippen LogP) is 2.10. The van der Waals surface area contributed by atoms with Crippen LogP contribution in [0, 0.1) is 0 Å². The predicted molar refractivity (Wildman–Crippen MR) is 75.8 cm³/mol. The summed E-state index contributed by atoms with van der Waals surface area (Å²) in [7, 11) is 0. The molecule has 3 heteroatoms. The van der Waals surface area contributed by atoms with Crippen LogP contribution in [-0.4, -0.2) is 59.8 Å². The van der Waals surface area contributed by atoms with E-state index in [0.29, 0.717) is 6.04 Å². The molecule has 18 heavy (non-hydrogen) atoms. The largest absolute Gasteiger partial charge is 0.392 e. The molecule has 0 aromatic rings. The van der Waals surface area contributed by atoms with Gasteiger partial charge in [-0.25, -0.2) is 0 Å². The van der Waals surface area contributed by atoms with Gasteiger partial charge in [-0.2, -0.15) is 0 Å². The van der Waals surface area contributed by atoms with E-state index in [9.17, 15) is 5.11 Å². The fourth-order valence-electron chi connectivity index (χ4n) is 3.46. The van der Waals surface area contributed by atoms with Crippen LogP contribution in [0.2, 0.25) is 0 Å². The van der Waals surface area contributed by atoms with Gasteiger partial charge < -0.3 is 10.0 Å². The first-order valence-electron chi connectivity index (χ1n) is 7.95. The van der Waals surface area contributed by atoms with Crippen LogP contribution in [0.3, 0.4) is 0 Å². The Morgan fingerprint density at radius 1 is 1.00 bits per heavy atom. The van der Waals surface area contributed by atoms with Gasteiger partial charge >= 0.3 is 0 Å². The van der Waals surface area contributed by atoms with E-state index in [2.05, 4.69) is 16.7 Å². The van der Waals surface area contributed by atoms with Crippen molar-refractivity contribution < 1.29 is 5.11 Å². The van der Waals surface area contributed by atoms with Crippen molar-refractivity contribution in [1.29, 1.82) is 0 Å². The highest BCUT2D eigenvalue weighted by Gasteiger charge is 2.27. The topological polar surface area (TPSA) is 26.7 Å². The SMILES string of the molecule is CCC(O)C1CCCCN1CCN1CCCCC1. The van der Waals surface area contributed by atoms with Crippen LogP contribution in [0.1, 0.15) is 51.9 Å². The molecule has 0 saturated carbocycles. The molecule has 2 fully saturated rings. The van der Waals surface area contributed by atoms with Crippen molar-refractivity contribution in [3.8, 4) is 0 Å². The maximum Gasteiger partial charge on any atom is 0.0692 e. The Kier molecular flexibility index (Phi) is 5.93. The third-order valence-electron chi connectivity index (χ3n) is 4.68. The third kappa shape index (κ3) is 3.94. The number of likely N-dealkylation sites (tertiary alicyclic amines) is 2. The molecule has 0 radical (unpaired) electrons. The van der Waals surface area contributed by atoms with Gasteiger partial charge in [-0.3, -0.25) is 4.90 Å². The average molecular weight is 254 g/mol. The lowest BCUT2D eigenvalue weighted by molar-refractivity contribution is 0.0182. The Morgan fingerprint density at radius 3 is 2.44 bits per heavy atom. The summed E-state index contributed by atoms with van der Waals surface area (Å²) in [6, 6.07) is 0.425. The molecule has 106 valence electrons. The van der Waals surface area contributed by atoms with Crippen LogP contribution in [0.5, 0.6) is 0 Å². The van der Waals surface area contributed by atoms with Gasteiger partial charge in [-0.05, 0) is 51.7 Å².